The van der Waals surface area contributed by atoms with E-state index in [1.165, 1.54) is 12.1 Å². The summed E-state index contributed by atoms with van der Waals surface area (Å²) in [4.78, 5) is 11.0. The highest BCUT2D eigenvalue weighted by atomic mass is 32.2. The van der Waals surface area contributed by atoms with Gasteiger partial charge in [-0.05, 0) is 18.8 Å². The first-order valence-electron chi connectivity index (χ1n) is 4.26. The third-order valence-electron chi connectivity index (χ3n) is 1.77. The quantitative estimate of drug-likeness (QED) is 0.345. The van der Waals surface area contributed by atoms with Crippen molar-refractivity contribution >= 4 is 25.6 Å². The minimum absolute atomic E-state index is 0.129. The number of hydrogen-bond acceptors (Lipinski definition) is 4. The van der Waals surface area contributed by atoms with Gasteiger partial charge >= 0.3 is 0 Å². The topological polar surface area (TPSA) is 52.4 Å². The molecule has 0 spiro atoms. The summed E-state index contributed by atoms with van der Waals surface area (Å²) in [6.45, 7) is 2.05. The molecule has 0 saturated heterocycles. The van der Waals surface area contributed by atoms with E-state index in [4.69, 9.17) is 4.52 Å². The number of non-ortho nitro benzene ring substituents is 1. The van der Waals surface area contributed by atoms with Crippen LogP contribution in [0.3, 0.4) is 0 Å². The van der Waals surface area contributed by atoms with Gasteiger partial charge in [-0.2, -0.15) is 0 Å². The molecular formula is C9H12NO3PS. The maximum Gasteiger partial charge on any atom is 0.269 e. The molecule has 0 aliphatic carbocycles. The molecule has 1 aromatic rings. The SMILES string of the molecule is COP(C)CSc1ccc([N+](=O)[O-])cc1. The maximum atomic E-state index is 10.4. The molecule has 1 atom stereocenters. The number of benzene rings is 1. The summed E-state index contributed by atoms with van der Waals surface area (Å²) in [6, 6.07) is 6.57. The van der Waals surface area contributed by atoms with Gasteiger partial charge in [0, 0.05) is 37.8 Å². The van der Waals surface area contributed by atoms with Crippen LogP contribution in [0.4, 0.5) is 5.69 Å². The minimum Gasteiger partial charge on any atom is -0.362 e. The van der Waals surface area contributed by atoms with E-state index in [1.807, 2.05) is 6.66 Å². The summed E-state index contributed by atoms with van der Waals surface area (Å²) in [5.74, 6) is 0. The molecule has 0 amide bonds. The minimum atomic E-state index is -0.393. The standard InChI is InChI=1S/C9H12NO3PS/c1-13-14(2)7-15-9-5-3-8(4-6-9)10(11)12/h3-6H,7H2,1-2H3. The number of hydrogen-bond donors (Lipinski definition) is 0. The van der Waals surface area contributed by atoms with Crippen molar-refractivity contribution in [2.24, 2.45) is 0 Å². The van der Waals surface area contributed by atoms with E-state index in [0.717, 1.165) is 10.4 Å². The fraction of sp³-hybridized carbons (Fsp3) is 0.333. The zero-order valence-electron chi connectivity index (χ0n) is 8.54. The van der Waals surface area contributed by atoms with Crippen LogP contribution in [-0.4, -0.2) is 24.2 Å². The van der Waals surface area contributed by atoms with Gasteiger partial charge in [0.1, 0.15) is 0 Å². The van der Waals surface area contributed by atoms with Gasteiger partial charge in [0.15, 0.2) is 0 Å². The van der Waals surface area contributed by atoms with Gasteiger partial charge in [0.05, 0.1) is 4.92 Å². The molecule has 0 fully saturated rings. The molecule has 1 unspecified atom stereocenters. The van der Waals surface area contributed by atoms with Crippen molar-refractivity contribution in [3.63, 3.8) is 0 Å². The second kappa shape index (κ2) is 6.05. The largest absolute Gasteiger partial charge is 0.362 e. The van der Waals surface area contributed by atoms with Crippen LogP contribution >= 0.6 is 19.9 Å². The highest BCUT2D eigenvalue weighted by molar-refractivity contribution is 8.04. The molecule has 0 aliphatic heterocycles. The fourth-order valence-corrected chi connectivity index (χ4v) is 2.96. The van der Waals surface area contributed by atoms with E-state index in [9.17, 15) is 10.1 Å². The molecule has 4 nitrogen and oxygen atoms in total. The first-order valence-corrected chi connectivity index (χ1v) is 7.13. The molecule has 0 radical (unpaired) electrons. The monoisotopic (exact) mass is 245 g/mol. The molecule has 0 N–H and O–H groups in total. The van der Waals surface area contributed by atoms with Crippen LogP contribution in [-0.2, 0) is 4.52 Å². The van der Waals surface area contributed by atoms with E-state index >= 15 is 0 Å². The number of rotatable bonds is 5. The zero-order chi connectivity index (χ0) is 11.3. The number of nitrogens with zero attached hydrogens (tertiary/aromatic N) is 1. The van der Waals surface area contributed by atoms with Crippen molar-refractivity contribution in [1.29, 1.82) is 0 Å². The molecule has 0 bridgehead atoms. The van der Waals surface area contributed by atoms with E-state index in [1.54, 1.807) is 31.0 Å². The number of nitro groups is 1. The summed E-state index contributed by atoms with van der Waals surface area (Å²) >= 11 is 1.65. The summed E-state index contributed by atoms with van der Waals surface area (Å²) in [7, 11) is 1.30. The maximum absolute atomic E-state index is 10.4. The van der Waals surface area contributed by atoms with Crippen LogP contribution in [0.15, 0.2) is 29.2 Å². The predicted octanol–water partition coefficient (Wildman–Crippen LogP) is 3.32. The Labute approximate surface area is 94.0 Å². The first kappa shape index (κ1) is 12.4. The number of nitro benzene ring substituents is 1. The van der Waals surface area contributed by atoms with Gasteiger partial charge in [-0.25, -0.2) is 0 Å². The average Bonchev–Trinajstić information content (AvgIpc) is 2.26. The molecule has 0 heterocycles. The van der Waals surface area contributed by atoms with Crippen molar-refractivity contribution in [1.82, 2.24) is 0 Å². The van der Waals surface area contributed by atoms with Crippen molar-refractivity contribution in [3.8, 4) is 0 Å². The normalized spacial score (nSPS) is 12.4. The van der Waals surface area contributed by atoms with Crippen LogP contribution < -0.4 is 0 Å². The highest BCUT2D eigenvalue weighted by Crippen LogP contribution is 2.38. The van der Waals surface area contributed by atoms with E-state index in [0.29, 0.717) is 0 Å². The lowest BCUT2D eigenvalue weighted by Crippen LogP contribution is -1.86. The highest BCUT2D eigenvalue weighted by Gasteiger charge is 2.05. The van der Waals surface area contributed by atoms with Crippen LogP contribution in [0.5, 0.6) is 0 Å². The Hall–Kier alpha value is -0.640. The second-order valence-corrected chi connectivity index (χ2v) is 6.25. The third kappa shape index (κ3) is 4.16. The van der Waals surface area contributed by atoms with Crippen molar-refractivity contribution in [3.05, 3.63) is 34.4 Å². The summed E-state index contributed by atoms with van der Waals surface area (Å²) in [5.41, 5.74) is 1.04. The third-order valence-corrected chi connectivity index (χ3v) is 4.97. The van der Waals surface area contributed by atoms with Gasteiger partial charge in [-0.3, -0.25) is 10.1 Å². The molecule has 0 aliphatic rings. The predicted molar refractivity (Wildman–Crippen MR) is 63.7 cm³/mol. The van der Waals surface area contributed by atoms with Crippen molar-refractivity contribution in [2.75, 3.05) is 19.3 Å². The van der Waals surface area contributed by atoms with Crippen LogP contribution in [0.25, 0.3) is 0 Å². The Morgan fingerprint density at radius 2 is 2.07 bits per heavy atom. The van der Waals surface area contributed by atoms with Gasteiger partial charge in [-0.15, -0.1) is 11.8 Å². The lowest BCUT2D eigenvalue weighted by molar-refractivity contribution is -0.384. The number of thioether (sulfide) groups is 1. The molecule has 0 aromatic heterocycles. The molecular weight excluding hydrogens is 233 g/mol. The first-order chi connectivity index (χ1) is 7.13. The zero-order valence-corrected chi connectivity index (χ0v) is 10.3. The Kier molecular flexibility index (Phi) is 5.02. The van der Waals surface area contributed by atoms with Crippen LogP contribution in [0.2, 0.25) is 0 Å². The van der Waals surface area contributed by atoms with E-state index < -0.39 is 13.1 Å². The summed E-state index contributed by atoms with van der Waals surface area (Å²) < 4.78 is 5.17. The lowest BCUT2D eigenvalue weighted by Gasteiger charge is -2.07. The average molecular weight is 245 g/mol. The summed E-state index contributed by atoms with van der Waals surface area (Å²) in [5, 5.41) is 10.4. The van der Waals surface area contributed by atoms with Gasteiger partial charge in [-0.1, -0.05) is 0 Å². The lowest BCUT2D eigenvalue weighted by atomic mass is 10.3. The molecule has 0 saturated carbocycles. The van der Waals surface area contributed by atoms with Crippen LogP contribution in [0.1, 0.15) is 0 Å². The smallest absolute Gasteiger partial charge is 0.269 e. The summed E-state index contributed by atoms with van der Waals surface area (Å²) in [6.07, 6.45) is 0. The Bertz CT molecular complexity index is 331. The van der Waals surface area contributed by atoms with Gasteiger partial charge in [0.25, 0.3) is 5.69 Å². The van der Waals surface area contributed by atoms with Gasteiger partial charge in [0.2, 0.25) is 0 Å². The fourth-order valence-electron chi connectivity index (χ4n) is 0.882. The molecule has 15 heavy (non-hydrogen) atoms. The van der Waals surface area contributed by atoms with E-state index in [-0.39, 0.29) is 5.69 Å². The van der Waals surface area contributed by atoms with Crippen molar-refractivity contribution < 1.29 is 9.45 Å². The Morgan fingerprint density at radius 3 is 2.53 bits per heavy atom. The second-order valence-electron chi connectivity index (χ2n) is 2.83. The van der Waals surface area contributed by atoms with Crippen molar-refractivity contribution in [2.45, 2.75) is 4.90 Å². The Balaban J connectivity index is 2.53. The molecule has 1 aromatic carbocycles. The molecule has 1 rings (SSSR count). The van der Waals surface area contributed by atoms with E-state index in [2.05, 4.69) is 0 Å². The molecule has 6 heteroatoms. The van der Waals surface area contributed by atoms with Crippen LogP contribution in [0, 0.1) is 10.1 Å². The Morgan fingerprint density at radius 1 is 1.47 bits per heavy atom. The van der Waals surface area contributed by atoms with Gasteiger partial charge < -0.3 is 4.52 Å². The molecule has 82 valence electrons.